The summed E-state index contributed by atoms with van der Waals surface area (Å²) in [4.78, 5) is 0. The Labute approximate surface area is 122 Å². The summed E-state index contributed by atoms with van der Waals surface area (Å²) in [6.45, 7) is 3.52. The summed E-state index contributed by atoms with van der Waals surface area (Å²) in [5, 5.41) is 11.7. The molecule has 2 heterocycles. The van der Waals surface area contributed by atoms with E-state index in [1.54, 1.807) is 4.68 Å². The van der Waals surface area contributed by atoms with Gasteiger partial charge in [0.05, 0.1) is 12.6 Å². The maximum atomic E-state index is 13.4. The van der Waals surface area contributed by atoms with Gasteiger partial charge in [0.25, 0.3) is 0 Å². The molecule has 2 unspecified atom stereocenters. The zero-order chi connectivity index (χ0) is 14.8. The Balaban J connectivity index is 1.89. The molecule has 0 amide bonds. The molecular weight excluding hydrogens is 273 g/mol. The highest BCUT2D eigenvalue weighted by Crippen LogP contribution is 2.28. The molecule has 0 spiro atoms. The number of halogens is 1. The maximum absolute atomic E-state index is 13.4. The fraction of sp³-hybridized carbons (Fsp3) is 0.500. The second-order valence-corrected chi connectivity index (χ2v) is 5.28. The smallest absolute Gasteiger partial charge is 0.184 e. The molecule has 0 saturated carbocycles. The van der Waals surface area contributed by atoms with E-state index < -0.39 is 0 Å². The third kappa shape index (κ3) is 2.73. The van der Waals surface area contributed by atoms with Crippen LogP contribution in [0.15, 0.2) is 18.2 Å². The van der Waals surface area contributed by atoms with Crippen LogP contribution in [0, 0.1) is 11.7 Å². The molecular formula is C14H18FN5O. The van der Waals surface area contributed by atoms with Gasteiger partial charge in [0.2, 0.25) is 0 Å². The van der Waals surface area contributed by atoms with Gasteiger partial charge in [0, 0.05) is 23.8 Å². The Morgan fingerprint density at radius 3 is 3.14 bits per heavy atom. The first-order valence-electron chi connectivity index (χ1n) is 7.12. The van der Waals surface area contributed by atoms with Gasteiger partial charge < -0.3 is 10.5 Å². The second-order valence-electron chi connectivity index (χ2n) is 5.28. The fourth-order valence-corrected chi connectivity index (χ4v) is 2.82. The van der Waals surface area contributed by atoms with Gasteiger partial charge in [-0.25, -0.2) is 9.07 Å². The third-order valence-electron chi connectivity index (χ3n) is 3.94. The molecule has 0 bridgehead atoms. The van der Waals surface area contributed by atoms with E-state index in [9.17, 15) is 4.39 Å². The van der Waals surface area contributed by atoms with Crippen molar-refractivity contribution in [2.75, 3.05) is 12.3 Å². The Bertz CT molecular complexity index is 630. The molecule has 1 aromatic carbocycles. The molecule has 1 aromatic heterocycles. The van der Waals surface area contributed by atoms with Crippen LogP contribution in [0.5, 0.6) is 0 Å². The number of anilines is 1. The van der Waals surface area contributed by atoms with Gasteiger partial charge in [-0.3, -0.25) is 0 Å². The predicted molar refractivity (Wildman–Crippen MR) is 75.8 cm³/mol. The van der Waals surface area contributed by atoms with Crippen molar-refractivity contribution < 1.29 is 9.13 Å². The highest BCUT2D eigenvalue weighted by atomic mass is 19.1. The fourth-order valence-electron chi connectivity index (χ4n) is 2.82. The molecule has 2 aromatic rings. The lowest BCUT2D eigenvalue weighted by atomic mass is 9.99. The maximum Gasteiger partial charge on any atom is 0.184 e. The minimum atomic E-state index is -0.357. The van der Waals surface area contributed by atoms with Crippen LogP contribution in [0.2, 0.25) is 0 Å². The zero-order valence-electron chi connectivity index (χ0n) is 11.9. The van der Waals surface area contributed by atoms with Crippen molar-refractivity contribution in [3.05, 3.63) is 24.0 Å². The van der Waals surface area contributed by atoms with Crippen LogP contribution in [0.3, 0.4) is 0 Å². The minimum absolute atomic E-state index is 0.229. The quantitative estimate of drug-likeness (QED) is 0.870. The topological polar surface area (TPSA) is 78.8 Å². The normalized spacial score (nSPS) is 21.8. The number of benzene rings is 1. The van der Waals surface area contributed by atoms with Crippen LogP contribution in [-0.4, -0.2) is 32.9 Å². The molecule has 0 radical (unpaired) electrons. The van der Waals surface area contributed by atoms with Crippen LogP contribution in [0.1, 0.15) is 19.8 Å². The van der Waals surface area contributed by atoms with E-state index in [1.165, 1.54) is 18.2 Å². The van der Waals surface area contributed by atoms with E-state index in [1.807, 2.05) is 0 Å². The van der Waals surface area contributed by atoms with Crippen LogP contribution < -0.4 is 5.73 Å². The van der Waals surface area contributed by atoms with Crippen molar-refractivity contribution >= 4 is 5.69 Å². The van der Waals surface area contributed by atoms with Gasteiger partial charge in [-0.15, -0.1) is 5.10 Å². The first kappa shape index (κ1) is 13.9. The molecule has 2 atom stereocenters. The molecule has 7 heteroatoms. The third-order valence-corrected chi connectivity index (χ3v) is 3.94. The lowest BCUT2D eigenvalue weighted by Crippen LogP contribution is -2.21. The molecule has 0 aliphatic carbocycles. The van der Waals surface area contributed by atoms with E-state index in [0.29, 0.717) is 29.5 Å². The number of aromatic nitrogens is 4. The van der Waals surface area contributed by atoms with E-state index in [2.05, 4.69) is 22.4 Å². The minimum Gasteiger partial charge on any atom is -0.398 e. The summed E-state index contributed by atoms with van der Waals surface area (Å²) in [5.41, 5.74) is 6.89. The SMILES string of the molecule is CCC1OCCC1Cn1nnnc1-c1cc(F)ccc1N. The molecule has 3 rings (SSSR count). The summed E-state index contributed by atoms with van der Waals surface area (Å²) >= 11 is 0. The summed E-state index contributed by atoms with van der Waals surface area (Å²) in [5.74, 6) is 0.505. The zero-order valence-corrected chi connectivity index (χ0v) is 11.9. The summed E-state index contributed by atoms with van der Waals surface area (Å²) in [6, 6.07) is 4.21. The predicted octanol–water partition coefficient (Wildman–Crippen LogP) is 1.88. The molecule has 1 aliphatic rings. The number of nitrogen functional groups attached to an aromatic ring is 1. The Kier molecular flexibility index (Phi) is 3.83. The Hall–Kier alpha value is -2.02. The molecule has 112 valence electrons. The molecule has 1 aliphatic heterocycles. The average molecular weight is 291 g/mol. The van der Waals surface area contributed by atoms with Gasteiger partial charge in [0.15, 0.2) is 5.82 Å². The number of tetrazole rings is 1. The first-order chi connectivity index (χ1) is 10.2. The van der Waals surface area contributed by atoms with Crippen molar-refractivity contribution in [3.63, 3.8) is 0 Å². The van der Waals surface area contributed by atoms with Crippen molar-refractivity contribution in [1.82, 2.24) is 20.2 Å². The highest BCUT2D eigenvalue weighted by molar-refractivity contribution is 5.71. The van der Waals surface area contributed by atoms with Gasteiger partial charge in [-0.05, 0) is 41.5 Å². The van der Waals surface area contributed by atoms with Crippen LogP contribution >= 0.6 is 0 Å². The molecule has 2 N–H and O–H groups in total. The standard InChI is InChI=1S/C14H18FN5O/c1-2-13-9(5-6-21-13)8-20-14(17-18-19-20)11-7-10(15)3-4-12(11)16/h3-4,7,9,13H,2,5-6,8,16H2,1H3. The van der Waals surface area contributed by atoms with E-state index in [-0.39, 0.29) is 11.9 Å². The lowest BCUT2D eigenvalue weighted by Gasteiger charge is -2.17. The van der Waals surface area contributed by atoms with E-state index >= 15 is 0 Å². The number of hydrogen-bond acceptors (Lipinski definition) is 5. The number of nitrogens with zero attached hydrogens (tertiary/aromatic N) is 4. The van der Waals surface area contributed by atoms with Crippen molar-refractivity contribution in [3.8, 4) is 11.4 Å². The van der Waals surface area contributed by atoms with Crippen molar-refractivity contribution in [1.29, 1.82) is 0 Å². The average Bonchev–Trinajstić information content (AvgIpc) is 3.11. The largest absolute Gasteiger partial charge is 0.398 e. The van der Waals surface area contributed by atoms with Gasteiger partial charge in [-0.1, -0.05) is 6.92 Å². The van der Waals surface area contributed by atoms with Crippen LogP contribution in [0.25, 0.3) is 11.4 Å². The second kappa shape index (κ2) is 5.77. The van der Waals surface area contributed by atoms with Gasteiger partial charge in [-0.2, -0.15) is 0 Å². The molecule has 1 saturated heterocycles. The first-order valence-corrected chi connectivity index (χ1v) is 7.12. The number of nitrogens with two attached hydrogens (primary N) is 1. The van der Waals surface area contributed by atoms with Gasteiger partial charge in [0.1, 0.15) is 5.82 Å². The van der Waals surface area contributed by atoms with Crippen molar-refractivity contribution in [2.45, 2.75) is 32.4 Å². The highest BCUT2D eigenvalue weighted by Gasteiger charge is 2.28. The number of hydrogen-bond donors (Lipinski definition) is 1. The molecule has 6 nitrogen and oxygen atoms in total. The summed E-state index contributed by atoms with van der Waals surface area (Å²) in [7, 11) is 0. The monoisotopic (exact) mass is 291 g/mol. The summed E-state index contributed by atoms with van der Waals surface area (Å²) < 4.78 is 20.8. The van der Waals surface area contributed by atoms with Crippen LogP contribution in [-0.2, 0) is 11.3 Å². The Morgan fingerprint density at radius 1 is 1.48 bits per heavy atom. The number of ether oxygens (including phenoxy) is 1. The summed E-state index contributed by atoms with van der Waals surface area (Å²) in [6.07, 6.45) is 2.17. The van der Waals surface area contributed by atoms with E-state index in [0.717, 1.165) is 19.4 Å². The lowest BCUT2D eigenvalue weighted by molar-refractivity contribution is 0.0825. The van der Waals surface area contributed by atoms with Crippen molar-refractivity contribution in [2.24, 2.45) is 5.92 Å². The number of rotatable bonds is 4. The van der Waals surface area contributed by atoms with E-state index in [4.69, 9.17) is 10.5 Å². The molecule has 21 heavy (non-hydrogen) atoms. The molecule has 1 fully saturated rings. The van der Waals surface area contributed by atoms with Crippen LogP contribution in [0.4, 0.5) is 10.1 Å². The Morgan fingerprint density at radius 2 is 2.33 bits per heavy atom. The van der Waals surface area contributed by atoms with Gasteiger partial charge >= 0.3 is 0 Å².